The van der Waals surface area contributed by atoms with Crippen molar-refractivity contribution in [3.8, 4) is 0 Å². The highest BCUT2D eigenvalue weighted by molar-refractivity contribution is 9.11. The summed E-state index contributed by atoms with van der Waals surface area (Å²) in [6.45, 7) is 3.11. The lowest BCUT2D eigenvalue weighted by Gasteiger charge is -2.19. The van der Waals surface area contributed by atoms with Crippen molar-refractivity contribution in [3.63, 3.8) is 0 Å². The van der Waals surface area contributed by atoms with Crippen LogP contribution in [0.1, 0.15) is 23.4 Å². The molecule has 4 heteroatoms. The van der Waals surface area contributed by atoms with Gasteiger partial charge in [-0.25, -0.2) is 0 Å². The van der Waals surface area contributed by atoms with Crippen LogP contribution in [0.4, 0.5) is 0 Å². The lowest BCUT2D eigenvalue weighted by Crippen LogP contribution is -2.21. The number of rotatable bonds is 5. The van der Waals surface area contributed by atoms with E-state index >= 15 is 0 Å². The standard InChI is InChI=1S/C14H16BrNS2/c1-3-16-14(12-8-9-13(15)18-12)10-6-4-5-7-11(10)17-2/h4-9,14,16H,3H2,1-2H3. The van der Waals surface area contributed by atoms with Gasteiger partial charge in [-0.3, -0.25) is 0 Å². The molecule has 0 bridgehead atoms. The molecule has 1 N–H and O–H groups in total. The van der Waals surface area contributed by atoms with Crippen molar-refractivity contribution < 1.29 is 0 Å². The third-order valence-electron chi connectivity index (χ3n) is 2.74. The molecule has 0 fully saturated rings. The van der Waals surface area contributed by atoms with Crippen LogP contribution in [0.15, 0.2) is 45.1 Å². The Labute approximate surface area is 125 Å². The molecule has 1 nitrogen and oxygen atoms in total. The summed E-state index contributed by atoms with van der Waals surface area (Å²) in [4.78, 5) is 2.69. The first-order chi connectivity index (χ1) is 8.76. The van der Waals surface area contributed by atoms with Gasteiger partial charge in [-0.15, -0.1) is 23.1 Å². The van der Waals surface area contributed by atoms with Crippen LogP contribution in [-0.2, 0) is 0 Å². The predicted molar refractivity (Wildman–Crippen MR) is 85.8 cm³/mol. The molecular weight excluding hydrogens is 326 g/mol. The number of benzene rings is 1. The molecule has 0 aliphatic rings. The first-order valence-corrected chi connectivity index (χ1v) is 8.71. The SMILES string of the molecule is CCNC(c1ccc(Br)s1)c1ccccc1SC. The number of hydrogen-bond acceptors (Lipinski definition) is 3. The molecule has 0 amide bonds. The summed E-state index contributed by atoms with van der Waals surface area (Å²) < 4.78 is 1.18. The molecule has 1 heterocycles. The second-order valence-electron chi connectivity index (χ2n) is 3.87. The van der Waals surface area contributed by atoms with Crippen LogP contribution in [0.25, 0.3) is 0 Å². The summed E-state index contributed by atoms with van der Waals surface area (Å²) in [6, 6.07) is 13.2. The van der Waals surface area contributed by atoms with Crippen molar-refractivity contribution in [2.75, 3.05) is 12.8 Å². The maximum atomic E-state index is 3.58. The third kappa shape index (κ3) is 3.18. The minimum atomic E-state index is 0.287. The van der Waals surface area contributed by atoms with E-state index < -0.39 is 0 Å². The monoisotopic (exact) mass is 341 g/mol. The molecule has 2 aromatic rings. The van der Waals surface area contributed by atoms with Gasteiger partial charge in [-0.2, -0.15) is 0 Å². The second kappa shape index (κ2) is 6.75. The van der Waals surface area contributed by atoms with E-state index in [1.807, 2.05) is 0 Å². The largest absolute Gasteiger partial charge is 0.306 e. The van der Waals surface area contributed by atoms with Gasteiger partial charge in [0.15, 0.2) is 0 Å². The number of thioether (sulfide) groups is 1. The van der Waals surface area contributed by atoms with Crippen LogP contribution in [0.3, 0.4) is 0 Å². The van der Waals surface area contributed by atoms with E-state index in [9.17, 15) is 0 Å². The van der Waals surface area contributed by atoms with Gasteiger partial charge in [0, 0.05) is 9.77 Å². The van der Waals surface area contributed by atoms with Gasteiger partial charge >= 0.3 is 0 Å². The van der Waals surface area contributed by atoms with Gasteiger partial charge in [0.05, 0.1) is 9.83 Å². The fourth-order valence-electron chi connectivity index (χ4n) is 1.96. The highest BCUT2D eigenvalue weighted by atomic mass is 79.9. The minimum absolute atomic E-state index is 0.287. The molecule has 1 atom stereocenters. The van der Waals surface area contributed by atoms with E-state index in [0.717, 1.165) is 6.54 Å². The zero-order valence-corrected chi connectivity index (χ0v) is 13.7. The maximum absolute atomic E-state index is 3.58. The molecule has 0 spiro atoms. The van der Waals surface area contributed by atoms with E-state index in [1.165, 1.54) is 19.1 Å². The van der Waals surface area contributed by atoms with Crippen LogP contribution < -0.4 is 5.32 Å². The Balaban J connectivity index is 2.41. The first-order valence-electron chi connectivity index (χ1n) is 5.87. The molecule has 0 radical (unpaired) electrons. The van der Waals surface area contributed by atoms with Crippen molar-refractivity contribution in [1.82, 2.24) is 5.32 Å². The Kier molecular flexibility index (Phi) is 5.30. The fraction of sp³-hybridized carbons (Fsp3) is 0.286. The normalized spacial score (nSPS) is 12.6. The Morgan fingerprint density at radius 2 is 2.06 bits per heavy atom. The van der Waals surface area contributed by atoms with Gasteiger partial charge in [0.1, 0.15) is 0 Å². The second-order valence-corrected chi connectivity index (χ2v) is 7.22. The number of thiophene rings is 1. The fourth-order valence-corrected chi connectivity index (χ4v) is 4.11. The third-order valence-corrected chi connectivity index (χ3v) is 5.24. The number of hydrogen-bond donors (Lipinski definition) is 1. The Morgan fingerprint density at radius 1 is 1.28 bits per heavy atom. The summed E-state index contributed by atoms with van der Waals surface area (Å²) in [7, 11) is 0. The average molecular weight is 342 g/mol. The first kappa shape index (κ1) is 14.1. The van der Waals surface area contributed by atoms with Crippen molar-refractivity contribution in [1.29, 1.82) is 0 Å². The summed E-state index contributed by atoms with van der Waals surface area (Å²) in [6.07, 6.45) is 2.13. The molecule has 0 saturated heterocycles. The molecule has 2 rings (SSSR count). The van der Waals surface area contributed by atoms with Gasteiger partial charge in [0.2, 0.25) is 0 Å². The van der Waals surface area contributed by atoms with E-state index in [-0.39, 0.29) is 6.04 Å². The summed E-state index contributed by atoms with van der Waals surface area (Å²) in [5.74, 6) is 0. The van der Waals surface area contributed by atoms with Crippen molar-refractivity contribution in [3.05, 3.63) is 50.6 Å². The average Bonchev–Trinajstić information content (AvgIpc) is 2.82. The van der Waals surface area contributed by atoms with Crippen LogP contribution >= 0.6 is 39.0 Å². The molecule has 0 aliphatic carbocycles. The summed E-state index contributed by atoms with van der Waals surface area (Å²) in [5.41, 5.74) is 1.36. The molecule has 1 aromatic heterocycles. The van der Waals surface area contributed by atoms with Crippen LogP contribution in [0.5, 0.6) is 0 Å². The zero-order valence-electron chi connectivity index (χ0n) is 10.4. The Bertz CT molecular complexity index is 510. The highest BCUT2D eigenvalue weighted by Crippen LogP contribution is 2.35. The highest BCUT2D eigenvalue weighted by Gasteiger charge is 2.17. The van der Waals surface area contributed by atoms with E-state index in [0.29, 0.717) is 0 Å². The number of halogens is 1. The predicted octanol–water partition coefficient (Wildman–Crippen LogP) is 4.93. The molecular formula is C14H16BrNS2. The minimum Gasteiger partial charge on any atom is -0.306 e. The van der Waals surface area contributed by atoms with E-state index in [4.69, 9.17) is 0 Å². The smallest absolute Gasteiger partial charge is 0.0702 e. The van der Waals surface area contributed by atoms with Crippen molar-refractivity contribution in [2.45, 2.75) is 17.9 Å². The quantitative estimate of drug-likeness (QED) is 0.773. The molecule has 1 aromatic carbocycles. The van der Waals surface area contributed by atoms with Gasteiger partial charge in [-0.05, 0) is 52.5 Å². The zero-order chi connectivity index (χ0) is 13.0. The summed E-state index contributed by atoms with van der Waals surface area (Å²) in [5, 5.41) is 3.58. The molecule has 0 saturated carbocycles. The Hall–Kier alpha value is -0.290. The van der Waals surface area contributed by atoms with E-state index in [2.05, 4.69) is 70.8 Å². The molecule has 96 valence electrons. The van der Waals surface area contributed by atoms with E-state index in [1.54, 1.807) is 23.1 Å². The van der Waals surface area contributed by atoms with Gasteiger partial charge in [0.25, 0.3) is 0 Å². The van der Waals surface area contributed by atoms with Crippen LogP contribution in [0.2, 0.25) is 0 Å². The molecule has 0 aliphatic heterocycles. The summed E-state index contributed by atoms with van der Waals surface area (Å²) >= 11 is 7.14. The molecule has 18 heavy (non-hydrogen) atoms. The molecule has 1 unspecified atom stereocenters. The van der Waals surface area contributed by atoms with Crippen molar-refractivity contribution in [2.24, 2.45) is 0 Å². The lowest BCUT2D eigenvalue weighted by atomic mass is 10.1. The number of nitrogens with one attached hydrogen (secondary N) is 1. The van der Waals surface area contributed by atoms with Gasteiger partial charge in [-0.1, -0.05) is 25.1 Å². The van der Waals surface area contributed by atoms with Crippen molar-refractivity contribution >= 4 is 39.0 Å². The Morgan fingerprint density at radius 3 is 2.67 bits per heavy atom. The van der Waals surface area contributed by atoms with Gasteiger partial charge < -0.3 is 5.32 Å². The van der Waals surface area contributed by atoms with Crippen LogP contribution in [-0.4, -0.2) is 12.8 Å². The lowest BCUT2D eigenvalue weighted by molar-refractivity contribution is 0.631. The topological polar surface area (TPSA) is 12.0 Å². The maximum Gasteiger partial charge on any atom is 0.0702 e. The van der Waals surface area contributed by atoms with Crippen LogP contribution in [0, 0.1) is 0 Å².